The van der Waals surface area contributed by atoms with E-state index >= 15 is 0 Å². The van der Waals surface area contributed by atoms with Gasteiger partial charge in [0, 0.05) is 6.54 Å². The van der Waals surface area contributed by atoms with Crippen molar-refractivity contribution in [1.29, 1.82) is 5.26 Å². The highest BCUT2D eigenvalue weighted by atomic mass is 35.5. The van der Waals surface area contributed by atoms with Crippen molar-refractivity contribution in [2.75, 3.05) is 19.7 Å². The van der Waals surface area contributed by atoms with Gasteiger partial charge in [-0.25, -0.2) is 0 Å². The van der Waals surface area contributed by atoms with Crippen LogP contribution in [0.25, 0.3) is 0 Å². The van der Waals surface area contributed by atoms with Gasteiger partial charge >= 0.3 is 0 Å². The smallest absolute Gasteiger partial charge is 0.138 e. The highest BCUT2D eigenvalue weighted by molar-refractivity contribution is 6.31. The number of ether oxygens (including phenoxy) is 1. The number of halogens is 1. The Bertz CT molecular complexity index is 374. The molecule has 0 saturated heterocycles. The zero-order chi connectivity index (χ0) is 11.8. The maximum absolute atomic E-state index is 8.91. The molecule has 0 fully saturated rings. The molecule has 0 aliphatic heterocycles. The molecule has 0 saturated carbocycles. The lowest BCUT2D eigenvalue weighted by molar-refractivity contribution is 0.313. The SMILES string of the molecule is CCCNCCOc1cccc(Cl)c1C#N. The second-order valence-electron chi connectivity index (χ2n) is 3.32. The predicted octanol–water partition coefficient (Wildman–Crippen LogP) is 2.59. The van der Waals surface area contributed by atoms with E-state index in [1.54, 1.807) is 18.2 Å². The average Bonchev–Trinajstić information content (AvgIpc) is 2.29. The first-order chi connectivity index (χ1) is 7.79. The van der Waals surface area contributed by atoms with Crippen LogP contribution in [0.2, 0.25) is 5.02 Å². The first kappa shape index (κ1) is 12.8. The molecule has 0 radical (unpaired) electrons. The van der Waals surface area contributed by atoms with E-state index in [4.69, 9.17) is 21.6 Å². The molecule has 0 aromatic heterocycles. The number of benzene rings is 1. The van der Waals surface area contributed by atoms with E-state index in [-0.39, 0.29) is 0 Å². The summed E-state index contributed by atoms with van der Waals surface area (Å²) < 4.78 is 5.49. The van der Waals surface area contributed by atoms with Crippen molar-refractivity contribution < 1.29 is 4.74 Å². The van der Waals surface area contributed by atoms with Crippen LogP contribution in [0.15, 0.2) is 18.2 Å². The van der Waals surface area contributed by atoms with E-state index in [2.05, 4.69) is 12.2 Å². The molecule has 0 aliphatic carbocycles. The van der Waals surface area contributed by atoms with E-state index in [1.807, 2.05) is 6.07 Å². The van der Waals surface area contributed by atoms with E-state index in [0.717, 1.165) is 19.5 Å². The molecule has 0 heterocycles. The van der Waals surface area contributed by atoms with Gasteiger partial charge < -0.3 is 10.1 Å². The molecule has 3 nitrogen and oxygen atoms in total. The fraction of sp³-hybridized carbons (Fsp3) is 0.417. The van der Waals surface area contributed by atoms with Crippen molar-refractivity contribution >= 4 is 11.6 Å². The standard InChI is InChI=1S/C12H15ClN2O/c1-2-6-15-7-8-16-12-5-3-4-11(13)10(12)9-14/h3-5,15H,2,6-8H2,1H3. The Labute approximate surface area is 101 Å². The van der Waals surface area contributed by atoms with E-state index in [9.17, 15) is 0 Å². The lowest BCUT2D eigenvalue weighted by Gasteiger charge is -2.08. The number of hydrogen-bond donors (Lipinski definition) is 1. The van der Waals surface area contributed by atoms with Crippen molar-refractivity contribution in [1.82, 2.24) is 5.32 Å². The van der Waals surface area contributed by atoms with Crippen LogP contribution in [0.1, 0.15) is 18.9 Å². The van der Waals surface area contributed by atoms with E-state index in [0.29, 0.717) is 22.9 Å². The Morgan fingerprint density at radius 2 is 2.25 bits per heavy atom. The molecule has 0 bridgehead atoms. The van der Waals surface area contributed by atoms with Crippen LogP contribution in [-0.4, -0.2) is 19.7 Å². The summed E-state index contributed by atoms with van der Waals surface area (Å²) in [5.74, 6) is 0.549. The number of nitrogens with zero attached hydrogens (tertiary/aromatic N) is 1. The second-order valence-corrected chi connectivity index (χ2v) is 3.73. The molecule has 1 rings (SSSR count). The number of hydrogen-bond acceptors (Lipinski definition) is 3. The van der Waals surface area contributed by atoms with Crippen LogP contribution >= 0.6 is 11.6 Å². The zero-order valence-electron chi connectivity index (χ0n) is 9.29. The summed E-state index contributed by atoms with van der Waals surface area (Å²) in [5.41, 5.74) is 0.402. The third-order valence-electron chi connectivity index (χ3n) is 2.05. The summed E-state index contributed by atoms with van der Waals surface area (Å²) in [6.07, 6.45) is 1.10. The summed E-state index contributed by atoms with van der Waals surface area (Å²) in [4.78, 5) is 0. The monoisotopic (exact) mass is 238 g/mol. The van der Waals surface area contributed by atoms with Crippen LogP contribution in [0.5, 0.6) is 5.75 Å². The Kier molecular flexibility index (Phi) is 5.69. The fourth-order valence-electron chi connectivity index (χ4n) is 1.27. The Balaban J connectivity index is 2.48. The lowest BCUT2D eigenvalue weighted by Crippen LogP contribution is -2.21. The van der Waals surface area contributed by atoms with Gasteiger partial charge in [0.25, 0.3) is 0 Å². The Hall–Kier alpha value is -1.24. The van der Waals surface area contributed by atoms with Crippen LogP contribution in [0, 0.1) is 11.3 Å². The van der Waals surface area contributed by atoms with Crippen LogP contribution < -0.4 is 10.1 Å². The third-order valence-corrected chi connectivity index (χ3v) is 2.37. The first-order valence-corrected chi connectivity index (χ1v) is 5.69. The topological polar surface area (TPSA) is 45.0 Å². The third kappa shape index (κ3) is 3.73. The number of nitrogens with one attached hydrogen (secondary N) is 1. The minimum Gasteiger partial charge on any atom is -0.491 e. The maximum atomic E-state index is 8.91. The molecule has 86 valence electrons. The molecular formula is C12H15ClN2O. The summed E-state index contributed by atoms with van der Waals surface area (Å²) in [6, 6.07) is 7.25. The van der Waals surface area contributed by atoms with Gasteiger partial charge in [-0.2, -0.15) is 5.26 Å². The zero-order valence-corrected chi connectivity index (χ0v) is 10.0. The van der Waals surface area contributed by atoms with Gasteiger partial charge in [0.2, 0.25) is 0 Å². The quantitative estimate of drug-likeness (QED) is 0.775. The van der Waals surface area contributed by atoms with Crippen molar-refractivity contribution in [3.8, 4) is 11.8 Å². The van der Waals surface area contributed by atoms with Crippen molar-refractivity contribution in [3.05, 3.63) is 28.8 Å². The Morgan fingerprint density at radius 1 is 1.44 bits per heavy atom. The largest absolute Gasteiger partial charge is 0.491 e. The van der Waals surface area contributed by atoms with Gasteiger partial charge in [-0.15, -0.1) is 0 Å². The molecule has 0 amide bonds. The molecule has 1 N–H and O–H groups in total. The maximum Gasteiger partial charge on any atom is 0.138 e. The molecule has 0 spiro atoms. The van der Waals surface area contributed by atoms with Crippen molar-refractivity contribution in [2.45, 2.75) is 13.3 Å². The summed E-state index contributed by atoms with van der Waals surface area (Å²) in [7, 11) is 0. The molecule has 16 heavy (non-hydrogen) atoms. The molecular weight excluding hydrogens is 224 g/mol. The Morgan fingerprint density at radius 3 is 2.94 bits per heavy atom. The normalized spacial score (nSPS) is 9.81. The van der Waals surface area contributed by atoms with Crippen LogP contribution in [0.3, 0.4) is 0 Å². The van der Waals surface area contributed by atoms with Crippen molar-refractivity contribution in [3.63, 3.8) is 0 Å². The minimum absolute atomic E-state index is 0.402. The van der Waals surface area contributed by atoms with E-state index in [1.165, 1.54) is 0 Å². The lowest BCUT2D eigenvalue weighted by atomic mass is 10.2. The minimum atomic E-state index is 0.402. The summed E-state index contributed by atoms with van der Waals surface area (Å²) >= 11 is 5.87. The van der Waals surface area contributed by atoms with Gasteiger partial charge in [-0.3, -0.25) is 0 Å². The van der Waals surface area contributed by atoms with Crippen LogP contribution in [-0.2, 0) is 0 Å². The number of rotatable bonds is 6. The molecule has 0 unspecified atom stereocenters. The van der Waals surface area contributed by atoms with Crippen molar-refractivity contribution in [2.24, 2.45) is 0 Å². The fourth-order valence-corrected chi connectivity index (χ4v) is 1.48. The summed E-state index contributed by atoms with van der Waals surface area (Å²) in [5, 5.41) is 12.6. The van der Waals surface area contributed by atoms with E-state index < -0.39 is 0 Å². The molecule has 0 atom stereocenters. The molecule has 1 aromatic rings. The van der Waals surface area contributed by atoms with Crippen LogP contribution in [0.4, 0.5) is 0 Å². The van der Waals surface area contributed by atoms with Gasteiger partial charge in [0.05, 0.1) is 5.02 Å². The predicted molar refractivity (Wildman–Crippen MR) is 64.8 cm³/mol. The second kappa shape index (κ2) is 7.10. The van der Waals surface area contributed by atoms with Gasteiger partial charge in [-0.05, 0) is 25.1 Å². The van der Waals surface area contributed by atoms with Gasteiger partial charge in [0.15, 0.2) is 0 Å². The molecule has 0 aliphatic rings. The molecule has 1 aromatic carbocycles. The highest BCUT2D eigenvalue weighted by Gasteiger charge is 2.06. The number of nitriles is 1. The first-order valence-electron chi connectivity index (χ1n) is 5.31. The average molecular weight is 239 g/mol. The molecule has 4 heteroatoms. The highest BCUT2D eigenvalue weighted by Crippen LogP contribution is 2.24. The van der Waals surface area contributed by atoms with Gasteiger partial charge in [-0.1, -0.05) is 24.6 Å². The van der Waals surface area contributed by atoms with Gasteiger partial charge in [0.1, 0.15) is 24.0 Å². The summed E-state index contributed by atoms with van der Waals surface area (Å²) in [6.45, 7) is 4.39.